The highest BCUT2D eigenvalue weighted by molar-refractivity contribution is 5.97. The van der Waals surface area contributed by atoms with Crippen molar-refractivity contribution in [1.82, 2.24) is 0 Å². The SMILES string of the molecule is c1cc2c(C34CC5CC(CC(C5)C3)C4)ccc(C34CC5CC(CC(C5)C3)C4)c2c(OCC2CO2)c1OCC1CO1. The number of rotatable bonds is 8. The molecule has 0 N–H and O–H groups in total. The minimum Gasteiger partial charge on any atom is -0.487 e. The predicted molar refractivity (Wildman–Crippen MR) is 154 cm³/mol. The molecule has 8 aliphatic carbocycles. The van der Waals surface area contributed by atoms with Gasteiger partial charge in [0.1, 0.15) is 25.4 Å². The zero-order valence-electron chi connectivity index (χ0n) is 23.9. The van der Waals surface area contributed by atoms with E-state index < -0.39 is 0 Å². The third-order valence-electron chi connectivity index (χ3n) is 13.0. The molecule has 4 heteroatoms. The minimum absolute atomic E-state index is 0.226. The first kappa shape index (κ1) is 23.7. The molecule has 10 fully saturated rings. The van der Waals surface area contributed by atoms with E-state index in [1.807, 2.05) is 0 Å². The first-order valence-electron chi connectivity index (χ1n) is 16.7. The van der Waals surface area contributed by atoms with Crippen molar-refractivity contribution in [2.45, 2.75) is 100 Å². The van der Waals surface area contributed by atoms with Crippen LogP contribution >= 0.6 is 0 Å². The Morgan fingerprint density at radius 3 is 1.52 bits per heavy atom. The van der Waals surface area contributed by atoms with Crippen LogP contribution in [0.1, 0.15) is 88.2 Å². The van der Waals surface area contributed by atoms with Crippen molar-refractivity contribution >= 4 is 10.8 Å². The van der Waals surface area contributed by atoms with Crippen molar-refractivity contribution < 1.29 is 18.9 Å². The lowest BCUT2D eigenvalue weighted by Gasteiger charge is -2.58. The summed E-state index contributed by atoms with van der Waals surface area (Å²) in [6, 6.07) is 9.94. The largest absolute Gasteiger partial charge is 0.487 e. The third-order valence-corrected chi connectivity index (χ3v) is 13.0. The summed E-state index contributed by atoms with van der Waals surface area (Å²) >= 11 is 0. The van der Waals surface area contributed by atoms with Crippen molar-refractivity contribution in [3.8, 4) is 11.5 Å². The second kappa shape index (κ2) is 8.40. The predicted octanol–water partition coefficient (Wildman–Crippen LogP) is 7.33. The fraction of sp³-hybridized carbons (Fsp3) is 0.722. The van der Waals surface area contributed by atoms with Crippen molar-refractivity contribution in [2.24, 2.45) is 35.5 Å². The molecule has 0 radical (unpaired) electrons. The summed E-state index contributed by atoms with van der Waals surface area (Å²) in [7, 11) is 0. The van der Waals surface area contributed by atoms with Crippen LogP contribution in [0.2, 0.25) is 0 Å². The maximum Gasteiger partial charge on any atom is 0.169 e. The molecule has 0 spiro atoms. The van der Waals surface area contributed by atoms with Crippen molar-refractivity contribution in [3.63, 3.8) is 0 Å². The van der Waals surface area contributed by atoms with Gasteiger partial charge in [-0.15, -0.1) is 0 Å². The molecule has 2 aromatic carbocycles. The van der Waals surface area contributed by atoms with Crippen LogP contribution in [0.4, 0.5) is 0 Å². The summed E-state index contributed by atoms with van der Waals surface area (Å²) in [5, 5.41) is 2.89. The highest BCUT2D eigenvalue weighted by atomic mass is 16.6. The Labute approximate surface area is 238 Å². The molecule has 0 aromatic heterocycles. The second-order valence-electron chi connectivity index (χ2n) is 15.9. The average Bonchev–Trinajstić information content (AvgIpc) is 3.84. The van der Waals surface area contributed by atoms with Crippen molar-refractivity contribution in [3.05, 3.63) is 35.4 Å². The van der Waals surface area contributed by atoms with E-state index in [0.717, 1.165) is 60.2 Å². The van der Waals surface area contributed by atoms with Gasteiger partial charge >= 0.3 is 0 Å². The Morgan fingerprint density at radius 2 is 1.02 bits per heavy atom. The topological polar surface area (TPSA) is 43.5 Å². The molecule has 2 aromatic rings. The lowest BCUT2D eigenvalue weighted by Crippen LogP contribution is -2.49. The van der Waals surface area contributed by atoms with Crippen LogP contribution in [0.15, 0.2) is 24.3 Å². The summed E-state index contributed by atoms with van der Waals surface area (Å²) in [5.74, 6) is 7.48. The summed E-state index contributed by atoms with van der Waals surface area (Å²) in [4.78, 5) is 0. The van der Waals surface area contributed by atoms with Gasteiger partial charge in [-0.1, -0.05) is 18.2 Å². The number of ether oxygens (including phenoxy) is 4. The molecule has 8 bridgehead atoms. The molecule has 212 valence electrons. The lowest BCUT2D eigenvalue weighted by atomic mass is 9.46. The molecule has 2 saturated heterocycles. The van der Waals surface area contributed by atoms with Gasteiger partial charge in [0, 0.05) is 5.39 Å². The maximum absolute atomic E-state index is 6.81. The molecular weight excluding hydrogens is 496 g/mol. The van der Waals surface area contributed by atoms with Crippen LogP contribution in [0, 0.1) is 35.5 Å². The zero-order chi connectivity index (χ0) is 26.1. The number of epoxide rings is 2. The Morgan fingerprint density at radius 1 is 0.575 bits per heavy atom. The Hall–Kier alpha value is -1.78. The molecule has 8 saturated carbocycles. The summed E-state index contributed by atoms with van der Waals surface area (Å²) in [6.45, 7) is 2.87. The van der Waals surface area contributed by atoms with E-state index in [4.69, 9.17) is 18.9 Å². The third kappa shape index (κ3) is 3.70. The van der Waals surface area contributed by atoms with Gasteiger partial charge in [-0.05, 0) is 146 Å². The van der Waals surface area contributed by atoms with Gasteiger partial charge < -0.3 is 18.9 Å². The highest BCUT2D eigenvalue weighted by Crippen LogP contribution is 2.65. The van der Waals surface area contributed by atoms with Crippen LogP contribution in [0.5, 0.6) is 11.5 Å². The standard InChI is InChI=1S/C36H44O4/c1-4-32(39-19-27-17-37-27)34(40-20-28-18-38-28)33-29(1)30(35-11-21-5-22(12-35)7-23(6-21)13-35)2-3-31(33)36-14-24-8-25(15-36)10-26(9-24)16-36/h1-4,21-28H,5-20H2. The highest BCUT2D eigenvalue weighted by Gasteiger charge is 2.54. The maximum atomic E-state index is 6.81. The van der Waals surface area contributed by atoms with Crippen LogP contribution in [-0.4, -0.2) is 38.6 Å². The number of fused-ring (bicyclic) bond motifs is 1. The second-order valence-corrected chi connectivity index (χ2v) is 15.9. The lowest BCUT2D eigenvalue weighted by molar-refractivity contribution is -0.00594. The molecule has 2 aliphatic heterocycles. The van der Waals surface area contributed by atoms with Gasteiger partial charge in [0.15, 0.2) is 11.5 Å². The van der Waals surface area contributed by atoms with Crippen LogP contribution < -0.4 is 9.47 Å². The normalized spacial score (nSPS) is 45.3. The fourth-order valence-corrected chi connectivity index (χ4v) is 12.1. The summed E-state index contributed by atoms with van der Waals surface area (Å²) < 4.78 is 24.5. The van der Waals surface area contributed by atoms with Gasteiger partial charge in [-0.3, -0.25) is 0 Å². The summed E-state index contributed by atoms with van der Waals surface area (Å²) in [5.41, 5.74) is 3.89. The van der Waals surface area contributed by atoms with Gasteiger partial charge in [0.25, 0.3) is 0 Å². The van der Waals surface area contributed by atoms with E-state index >= 15 is 0 Å². The Balaban J connectivity index is 1.17. The van der Waals surface area contributed by atoms with Crippen LogP contribution in [-0.2, 0) is 20.3 Å². The van der Waals surface area contributed by atoms with E-state index in [9.17, 15) is 0 Å². The molecule has 2 unspecified atom stereocenters. The average molecular weight is 541 g/mol. The van der Waals surface area contributed by atoms with E-state index in [1.165, 1.54) is 87.8 Å². The van der Waals surface area contributed by atoms with E-state index in [-0.39, 0.29) is 12.2 Å². The van der Waals surface area contributed by atoms with Crippen molar-refractivity contribution in [2.75, 3.05) is 26.4 Å². The van der Waals surface area contributed by atoms with E-state index in [0.29, 0.717) is 24.0 Å². The van der Waals surface area contributed by atoms with Gasteiger partial charge in [-0.25, -0.2) is 0 Å². The number of hydrogen-bond donors (Lipinski definition) is 0. The van der Waals surface area contributed by atoms with E-state index in [2.05, 4.69) is 24.3 Å². The fourth-order valence-electron chi connectivity index (χ4n) is 12.1. The smallest absolute Gasteiger partial charge is 0.169 e. The monoisotopic (exact) mass is 540 g/mol. The van der Waals surface area contributed by atoms with Crippen molar-refractivity contribution in [1.29, 1.82) is 0 Å². The van der Waals surface area contributed by atoms with Crippen LogP contribution in [0.3, 0.4) is 0 Å². The first-order chi connectivity index (χ1) is 19.6. The Kier molecular flexibility index (Phi) is 4.99. The first-order valence-corrected chi connectivity index (χ1v) is 16.7. The van der Waals surface area contributed by atoms with Gasteiger partial charge in [-0.2, -0.15) is 0 Å². The molecule has 40 heavy (non-hydrogen) atoms. The summed E-state index contributed by atoms with van der Waals surface area (Å²) in [6.07, 6.45) is 17.6. The van der Waals surface area contributed by atoms with E-state index in [1.54, 1.807) is 11.1 Å². The molecule has 10 aliphatic rings. The molecule has 0 amide bonds. The van der Waals surface area contributed by atoms with Gasteiger partial charge in [0.05, 0.1) is 13.2 Å². The Bertz CT molecular complexity index is 1280. The molecule has 12 rings (SSSR count). The van der Waals surface area contributed by atoms with Crippen LogP contribution in [0.25, 0.3) is 10.8 Å². The molecule has 2 heterocycles. The van der Waals surface area contributed by atoms with Gasteiger partial charge in [0.2, 0.25) is 0 Å². The quantitative estimate of drug-likeness (QED) is 0.329. The number of benzene rings is 2. The molecule has 2 atom stereocenters. The molecule has 4 nitrogen and oxygen atoms in total. The molecular formula is C36H44O4. The minimum atomic E-state index is 0.226. The zero-order valence-corrected chi connectivity index (χ0v) is 23.9. The number of hydrogen-bond acceptors (Lipinski definition) is 4.